The molecule has 1 aromatic rings. The Morgan fingerprint density at radius 1 is 1.45 bits per heavy atom. The van der Waals surface area contributed by atoms with Crippen LogP contribution in [0.4, 0.5) is 5.82 Å². The van der Waals surface area contributed by atoms with E-state index in [4.69, 9.17) is 16.3 Å². The smallest absolute Gasteiger partial charge is 0.239 e. The van der Waals surface area contributed by atoms with E-state index in [1.807, 2.05) is 6.92 Å². The lowest BCUT2D eigenvalue weighted by Gasteiger charge is -2.11. The van der Waals surface area contributed by atoms with E-state index < -0.39 is 0 Å². The average Bonchev–Trinajstić information content (AvgIpc) is 3.25. The van der Waals surface area contributed by atoms with Crippen molar-refractivity contribution in [3.05, 3.63) is 16.5 Å². The Balaban J connectivity index is 1.93. The second-order valence-corrected chi connectivity index (χ2v) is 5.17. The van der Waals surface area contributed by atoms with Crippen LogP contribution in [0, 0.1) is 6.92 Å². The molecule has 1 aliphatic carbocycles. The van der Waals surface area contributed by atoms with Gasteiger partial charge in [-0.15, -0.1) is 0 Å². The summed E-state index contributed by atoms with van der Waals surface area (Å²) in [4.78, 5) is 20.3. The Bertz CT molecular complexity index is 492. The summed E-state index contributed by atoms with van der Waals surface area (Å²) in [6, 6.07) is 0. The fourth-order valence-corrected chi connectivity index (χ4v) is 1.90. The van der Waals surface area contributed by atoms with Gasteiger partial charge in [-0.05, 0) is 19.8 Å². The summed E-state index contributed by atoms with van der Waals surface area (Å²) < 4.78 is 4.87. The van der Waals surface area contributed by atoms with Gasteiger partial charge in [-0.1, -0.05) is 11.6 Å². The molecule has 2 rings (SSSR count). The number of hydrogen-bond donors (Lipinski definition) is 2. The number of amides is 1. The number of anilines is 1. The van der Waals surface area contributed by atoms with E-state index in [1.54, 1.807) is 7.11 Å². The SMILES string of the molecule is COCCNC(=O)CNc1nc(C2CC2)nc(Cl)c1C. The number of carbonyl (C=O) groups is 1. The largest absolute Gasteiger partial charge is 0.383 e. The van der Waals surface area contributed by atoms with Crippen LogP contribution in [-0.4, -0.2) is 42.7 Å². The van der Waals surface area contributed by atoms with E-state index >= 15 is 0 Å². The molecule has 20 heavy (non-hydrogen) atoms. The summed E-state index contributed by atoms with van der Waals surface area (Å²) in [5.41, 5.74) is 0.765. The van der Waals surface area contributed by atoms with Crippen LogP contribution in [0.15, 0.2) is 0 Å². The normalized spacial score (nSPS) is 14.2. The van der Waals surface area contributed by atoms with Gasteiger partial charge in [-0.3, -0.25) is 4.79 Å². The van der Waals surface area contributed by atoms with Crippen LogP contribution >= 0.6 is 11.6 Å². The van der Waals surface area contributed by atoms with Gasteiger partial charge in [0.25, 0.3) is 0 Å². The van der Waals surface area contributed by atoms with Crippen molar-refractivity contribution >= 4 is 23.3 Å². The highest BCUT2D eigenvalue weighted by Crippen LogP contribution is 2.39. The number of nitrogens with one attached hydrogen (secondary N) is 2. The maximum Gasteiger partial charge on any atom is 0.239 e. The molecular formula is C13H19ClN4O2. The summed E-state index contributed by atoms with van der Waals surface area (Å²) >= 11 is 6.10. The van der Waals surface area contributed by atoms with E-state index in [0.29, 0.717) is 30.0 Å². The molecule has 7 heteroatoms. The van der Waals surface area contributed by atoms with E-state index in [0.717, 1.165) is 24.2 Å². The number of methoxy groups -OCH3 is 1. The number of hydrogen-bond acceptors (Lipinski definition) is 5. The van der Waals surface area contributed by atoms with Crippen LogP contribution in [0.5, 0.6) is 0 Å². The van der Waals surface area contributed by atoms with Crippen LogP contribution in [-0.2, 0) is 9.53 Å². The average molecular weight is 299 g/mol. The van der Waals surface area contributed by atoms with Crippen molar-refractivity contribution in [1.29, 1.82) is 0 Å². The number of ether oxygens (including phenoxy) is 1. The van der Waals surface area contributed by atoms with Crippen LogP contribution in [0.3, 0.4) is 0 Å². The molecule has 6 nitrogen and oxygen atoms in total. The van der Waals surface area contributed by atoms with Crippen molar-refractivity contribution in [3.63, 3.8) is 0 Å². The number of nitrogens with zero attached hydrogens (tertiary/aromatic N) is 2. The number of aromatic nitrogens is 2. The van der Waals surface area contributed by atoms with Crippen molar-refractivity contribution in [2.75, 3.05) is 32.1 Å². The first-order chi connectivity index (χ1) is 9.61. The first-order valence-corrected chi connectivity index (χ1v) is 7.03. The molecular weight excluding hydrogens is 280 g/mol. The zero-order valence-corrected chi connectivity index (χ0v) is 12.5. The predicted molar refractivity (Wildman–Crippen MR) is 77.1 cm³/mol. The molecule has 1 saturated carbocycles. The van der Waals surface area contributed by atoms with Gasteiger partial charge in [0.2, 0.25) is 5.91 Å². The number of carbonyl (C=O) groups excluding carboxylic acids is 1. The van der Waals surface area contributed by atoms with Crippen molar-refractivity contribution in [2.45, 2.75) is 25.7 Å². The lowest BCUT2D eigenvalue weighted by molar-refractivity contribution is -0.119. The first kappa shape index (κ1) is 15.0. The Morgan fingerprint density at radius 2 is 2.20 bits per heavy atom. The third-order valence-corrected chi connectivity index (χ3v) is 3.46. The molecule has 2 N–H and O–H groups in total. The summed E-state index contributed by atoms with van der Waals surface area (Å²) in [7, 11) is 1.59. The minimum Gasteiger partial charge on any atom is -0.383 e. The highest BCUT2D eigenvalue weighted by Gasteiger charge is 2.28. The molecule has 0 aromatic carbocycles. The van der Waals surface area contributed by atoms with E-state index in [9.17, 15) is 4.79 Å². The van der Waals surface area contributed by atoms with Gasteiger partial charge in [0.05, 0.1) is 13.2 Å². The van der Waals surface area contributed by atoms with Gasteiger partial charge in [0, 0.05) is 25.1 Å². The molecule has 0 aliphatic heterocycles. The molecule has 0 spiro atoms. The highest BCUT2D eigenvalue weighted by molar-refractivity contribution is 6.30. The predicted octanol–water partition coefficient (Wildman–Crippen LogP) is 1.49. The Labute approximate surface area is 123 Å². The topological polar surface area (TPSA) is 76.1 Å². The molecule has 0 unspecified atom stereocenters. The lowest BCUT2D eigenvalue weighted by atomic mass is 10.3. The van der Waals surface area contributed by atoms with Crippen molar-refractivity contribution in [1.82, 2.24) is 15.3 Å². The molecule has 0 saturated heterocycles. The summed E-state index contributed by atoms with van der Waals surface area (Å²) in [6.07, 6.45) is 2.21. The summed E-state index contributed by atoms with van der Waals surface area (Å²) in [5, 5.41) is 6.20. The highest BCUT2D eigenvalue weighted by atomic mass is 35.5. The van der Waals surface area contributed by atoms with Gasteiger partial charge in [-0.2, -0.15) is 0 Å². The van der Waals surface area contributed by atoms with Gasteiger partial charge >= 0.3 is 0 Å². The molecule has 1 heterocycles. The van der Waals surface area contributed by atoms with Crippen molar-refractivity contribution in [2.24, 2.45) is 0 Å². The number of rotatable bonds is 7. The standard InChI is InChI=1S/C13H19ClN4O2/c1-8-11(14)17-13(9-3-4-9)18-12(8)16-7-10(19)15-5-6-20-2/h9H,3-7H2,1-2H3,(H,15,19)(H,16,17,18). The Hall–Kier alpha value is -1.40. The van der Waals surface area contributed by atoms with Crippen molar-refractivity contribution < 1.29 is 9.53 Å². The maximum absolute atomic E-state index is 11.6. The molecule has 1 aromatic heterocycles. The molecule has 110 valence electrons. The van der Waals surface area contributed by atoms with E-state index in [2.05, 4.69) is 20.6 Å². The van der Waals surface area contributed by atoms with Crippen LogP contribution < -0.4 is 10.6 Å². The monoisotopic (exact) mass is 298 g/mol. The lowest BCUT2D eigenvalue weighted by Crippen LogP contribution is -2.32. The Morgan fingerprint density at radius 3 is 2.85 bits per heavy atom. The van der Waals surface area contributed by atoms with E-state index in [1.165, 1.54) is 0 Å². The van der Waals surface area contributed by atoms with Crippen LogP contribution in [0.2, 0.25) is 5.15 Å². The fourth-order valence-electron chi connectivity index (χ4n) is 1.72. The van der Waals surface area contributed by atoms with Crippen LogP contribution in [0.1, 0.15) is 30.1 Å². The summed E-state index contributed by atoms with van der Waals surface area (Å²) in [5.74, 6) is 1.71. The van der Waals surface area contributed by atoms with E-state index in [-0.39, 0.29) is 12.5 Å². The van der Waals surface area contributed by atoms with Gasteiger partial charge in [0.1, 0.15) is 16.8 Å². The minimum absolute atomic E-state index is 0.107. The Kier molecular flexibility index (Phi) is 5.14. The van der Waals surface area contributed by atoms with Gasteiger partial charge in [-0.25, -0.2) is 9.97 Å². The molecule has 1 amide bonds. The fraction of sp³-hybridized carbons (Fsp3) is 0.615. The maximum atomic E-state index is 11.6. The second kappa shape index (κ2) is 6.85. The van der Waals surface area contributed by atoms with Crippen molar-refractivity contribution in [3.8, 4) is 0 Å². The molecule has 1 fully saturated rings. The first-order valence-electron chi connectivity index (χ1n) is 6.65. The zero-order valence-electron chi connectivity index (χ0n) is 11.7. The third kappa shape index (κ3) is 4.05. The van der Waals surface area contributed by atoms with Gasteiger partial charge in [0.15, 0.2) is 0 Å². The third-order valence-electron chi connectivity index (χ3n) is 3.09. The molecule has 0 radical (unpaired) electrons. The zero-order chi connectivity index (χ0) is 14.5. The molecule has 1 aliphatic rings. The summed E-state index contributed by atoms with van der Waals surface area (Å²) in [6.45, 7) is 2.98. The quantitative estimate of drug-likeness (QED) is 0.589. The second-order valence-electron chi connectivity index (χ2n) is 4.82. The molecule has 0 atom stereocenters. The molecule has 0 bridgehead atoms. The van der Waals surface area contributed by atoms with Crippen LogP contribution in [0.25, 0.3) is 0 Å². The van der Waals surface area contributed by atoms with Gasteiger partial charge < -0.3 is 15.4 Å². The minimum atomic E-state index is -0.107. The number of halogens is 1.